The Morgan fingerprint density at radius 3 is 2.74 bits per heavy atom. The largest absolute Gasteiger partial charge is 0.464 e. The van der Waals surface area contributed by atoms with Gasteiger partial charge in [0.15, 0.2) is 5.60 Å². The molecule has 0 fully saturated rings. The van der Waals surface area contributed by atoms with E-state index in [1.54, 1.807) is 26.8 Å². The van der Waals surface area contributed by atoms with E-state index in [0.29, 0.717) is 17.9 Å². The Labute approximate surface area is 113 Å². The van der Waals surface area contributed by atoms with Gasteiger partial charge in [0.05, 0.1) is 18.9 Å². The summed E-state index contributed by atoms with van der Waals surface area (Å²) >= 11 is 0. The molecular weight excluding hydrogens is 244 g/mol. The second kappa shape index (κ2) is 6.43. The number of carbonyl (C=O) groups is 1. The zero-order chi connectivity index (χ0) is 14.5. The van der Waals surface area contributed by atoms with E-state index >= 15 is 0 Å². The van der Waals surface area contributed by atoms with Gasteiger partial charge in [-0.1, -0.05) is 12.2 Å². The maximum atomic E-state index is 12.2. The van der Waals surface area contributed by atoms with Crippen LogP contribution in [0.2, 0.25) is 0 Å². The highest BCUT2D eigenvalue weighted by Gasteiger charge is 2.39. The van der Waals surface area contributed by atoms with Crippen LogP contribution in [0.1, 0.15) is 32.0 Å². The molecule has 1 rings (SSSR count). The first-order valence-corrected chi connectivity index (χ1v) is 6.16. The second-order valence-electron chi connectivity index (χ2n) is 4.53. The van der Waals surface area contributed by atoms with Crippen LogP contribution in [0.5, 0.6) is 0 Å². The lowest BCUT2D eigenvalue weighted by Gasteiger charge is -2.28. The van der Waals surface area contributed by atoms with Gasteiger partial charge in [-0.15, -0.1) is 0 Å². The molecule has 0 aliphatic rings. The number of aromatic nitrogens is 2. The first-order chi connectivity index (χ1) is 8.91. The highest BCUT2D eigenvalue weighted by atomic mass is 16.6. The summed E-state index contributed by atoms with van der Waals surface area (Å²) in [5.74, 6) is -0.438. The predicted molar refractivity (Wildman–Crippen MR) is 71.5 cm³/mol. The van der Waals surface area contributed by atoms with Crippen LogP contribution in [-0.4, -0.2) is 29.4 Å². The van der Waals surface area contributed by atoms with Gasteiger partial charge in [-0.25, -0.2) is 4.79 Å². The average molecular weight is 264 g/mol. The maximum absolute atomic E-state index is 12.2. The predicted octanol–water partition coefficient (Wildman–Crippen LogP) is 2.16. The fourth-order valence-corrected chi connectivity index (χ4v) is 1.69. The van der Waals surface area contributed by atoms with Crippen molar-refractivity contribution in [1.82, 2.24) is 10.2 Å². The fraction of sp³-hybridized carbons (Fsp3) is 0.500. The van der Waals surface area contributed by atoms with Gasteiger partial charge in [-0.2, -0.15) is 10.2 Å². The van der Waals surface area contributed by atoms with Crippen molar-refractivity contribution in [2.45, 2.75) is 33.3 Å². The molecule has 1 atom stereocenters. The summed E-state index contributed by atoms with van der Waals surface area (Å²) < 4.78 is 10.8. The number of ether oxygens (including phenoxy) is 2. The molecule has 0 aliphatic heterocycles. The first kappa shape index (κ1) is 15.3. The molecule has 1 aromatic rings. The molecule has 0 spiro atoms. The van der Waals surface area contributed by atoms with Gasteiger partial charge < -0.3 is 9.47 Å². The van der Waals surface area contributed by atoms with Gasteiger partial charge in [0.2, 0.25) is 0 Å². The fourth-order valence-electron chi connectivity index (χ4n) is 1.69. The number of hydrogen-bond donors (Lipinski definition) is 0. The van der Waals surface area contributed by atoms with E-state index in [1.807, 2.05) is 6.92 Å². The lowest BCUT2D eigenvalue weighted by molar-refractivity contribution is -0.170. The molecule has 0 aromatic carbocycles. The minimum Gasteiger partial charge on any atom is -0.464 e. The molecule has 1 heterocycles. The second-order valence-corrected chi connectivity index (χ2v) is 4.53. The molecule has 0 radical (unpaired) electrons. The Morgan fingerprint density at radius 1 is 1.53 bits per heavy atom. The van der Waals surface area contributed by atoms with Crippen LogP contribution < -0.4 is 0 Å². The van der Waals surface area contributed by atoms with Gasteiger partial charge in [0.25, 0.3) is 0 Å². The molecule has 0 aliphatic carbocycles. The molecule has 19 heavy (non-hydrogen) atoms. The molecule has 5 nitrogen and oxygen atoms in total. The van der Waals surface area contributed by atoms with Gasteiger partial charge in [-0.3, -0.25) is 0 Å². The van der Waals surface area contributed by atoms with Crippen LogP contribution in [0.3, 0.4) is 0 Å². The summed E-state index contributed by atoms with van der Waals surface area (Å²) in [4.78, 5) is 12.2. The van der Waals surface area contributed by atoms with Crippen molar-refractivity contribution in [1.29, 1.82) is 0 Å². The minimum atomic E-state index is -1.20. The van der Waals surface area contributed by atoms with Crippen LogP contribution in [0.15, 0.2) is 24.4 Å². The maximum Gasteiger partial charge on any atom is 0.342 e. The van der Waals surface area contributed by atoms with Crippen LogP contribution in [0, 0.1) is 6.92 Å². The van der Waals surface area contributed by atoms with Crippen molar-refractivity contribution >= 4 is 5.97 Å². The third-order valence-corrected chi connectivity index (χ3v) is 2.69. The molecule has 0 amide bonds. The number of esters is 1. The van der Waals surface area contributed by atoms with Gasteiger partial charge in [-0.05, 0) is 33.8 Å². The smallest absolute Gasteiger partial charge is 0.342 e. The van der Waals surface area contributed by atoms with Crippen LogP contribution in [0.4, 0.5) is 0 Å². The lowest BCUT2D eigenvalue weighted by atomic mass is 9.95. The van der Waals surface area contributed by atoms with E-state index in [9.17, 15) is 4.79 Å². The van der Waals surface area contributed by atoms with Crippen molar-refractivity contribution in [2.24, 2.45) is 0 Å². The van der Waals surface area contributed by atoms with E-state index in [1.165, 1.54) is 6.20 Å². The average Bonchev–Trinajstić information content (AvgIpc) is 2.36. The Balaban J connectivity index is 3.14. The van der Waals surface area contributed by atoms with Crippen molar-refractivity contribution in [3.05, 3.63) is 35.7 Å². The zero-order valence-electron chi connectivity index (χ0n) is 11.9. The molecule has 0 N–H and O–H groups in total. The number of rotatable bonds is 6. The molecule has 104 valence electrons. The highest BCUT2D eigenvalue weighted by molar-refractivity contribution is 5.81. The third kappa shape index (κ3) is 3.61. The van der Waals surface area contributed by atoms with Crippen molar-refractivity contribution < 1.29 is 14.3 Å². The van der Waals surface area contributed by atoms with Gasteiger partial charge >= 0.3 is 5.97 Å². The van der Waals surface area contributed by atoms with Crippen molar-refractivity contribution in [3.63, 3.8) is 0 Å². The SMILES string of the molecule is C=C(C)COC(C)(C(=O)OCC)c1ccnnc1C. The summed E-state index contributed by atoms with van der Waals surface area (Å²) in [5, 5.41) is 7.74. The summed E-state index contributed by atoms with van der Waals surface area (Å²) in [6.45, 7) is 11.4. The van der Waals surface area contributed by atoms with Crippen LogP contribution in [-0.2, 0) is 19.9 Å². The van der Waals surface area contributed by atoms with Crippen molar-refractivity contribution in [3.8, 4) is 0 Å². The Kier molecular flexibility index (Phi) is 5.18. The van der Waals surface area contributed by atoms with E-state index in [2.05, 4.69) is 16.8 Å². The topological polar surface area (TPSA) is 61.3 Å². The molecule has 0 saturated heterocycles. The van der Waals surface area contributed by atoms with E-state index in [0.717, 1.165) is 5.57 Å². The van der Waals surface area contributed by atoms with E-state index in [-0.39, 0.29) is 6.61 Å². The highest BCUT2D eigenvalue weighted by Crippen LogP contribution is 2.29. The molecule has 5 heteroatoms. The quantitative estimate of drug-likeness (QED) is 0.582. The molecule has 0 saturated carbocycles. The molecular formula is C14H20N2O3. The van der Waals surface area contributed by atoms with E-state index in [4.69, 9.17) is 9.47 Å². The first-order valence-electron chi connectivity index (χ1n) is 6.16. The Bertz CT molecular complexity index is 474. The standard InChI is InChI=1S/C14H20N2O3/c1-6-18-13(17)14(5,19-9-10(2)3)12-7-8-15-16-11(12)4/h7-8H,2,6,9H2,1,3-5H3. The number of carbonyl (C=O) groups excluding carboxylic acids is 1. The molecule has 1 unspecified atom stereocenters. The van der Waals surface area contributed by atoms with Gasteiger partial charge in [0.1, 0.15) is 0 Å². The number of nitrogens with zero attached hydrogens (tertiary/aromatic N) is 2. The van der Waals surface area contributed by atoms with Gasteiger partial charge in [0, 0.05) is 11.8 Å². The summed E-state index contributed by atoms with van der Waals surface area (Å²) in [7, 11) is 0. The summed E-state index contributed by atoms with van der Waals surface area (Å²) in [6, 6.07) is 1.72. The monoisotopic (exact) mass is 264 g/mol. The number of hydrogen-bond acceptors (Lipinski definition) is 5. The third-order valence-electron chi connectivity index (χ3n) is 2.69. The normalized spacial score (nSPS) is 13.7. The molecule has 1 aromatic heterocycles. The Morgan fingerprint density at radius 2 is 2.21 bits per heavy atom. The number of aryl methyl sites for hydroxylation is 1. The summed E-state index contributed by atoms with van der Waals surface area (Å²) in [6.07, 6.45) is 1.53. The molecule has 0 bridgehead atoms. The lowest BCUT2D eigenvalue weighted by Crippen LogP contribution is -2.38. The van der Waals surface area contributed by atoms with Crippen LogP contribution in [0.25, 0.3) is 0 Å². The van der Waals surface area contributed by atoms with E-state index < -0.39 is 11.6 Å². The van der Waals surface area contributed by atoms with Crippen LogP contribution >= 0.6 is 0 Å². The summed E-state index contributed by atoms with van der Waals surface area (Å²) in [5.41, 5.74) is 0.923. The zero-order valence-corrected chi connectivity index (χ0v) is 11.9. The minimum absolute atomic E-state index is 0.275. The van der Waals surface area contributed by atoms with Crippen molar-refractivity contribution in [2.75, 3.05) is 13.2 Å². The Hall–Kier alpha value is -1.75.